The van der Waals surface area contributed by atoms with Crippen LogP contribution in [0.1, 0.15) is 55.2 Å². The Balaban J connectivity index is 1.39. The Hall–Kier alpha value is -3.05. The molecule has 0 spiro atoms. The molecule has 0 bridgehead atoms. The summed E-state index contributed by atoms with van der Waals surface area (Å²) in [6, 6.07) is 6.82. The van der Waals surface area contributed by atoms with E-state index in [-0.39, 0.29) is 30.5 Å². The first-order valence-electron chi connectivity index (χ1n) is 12.2. The van der Waals surface area contributed by atoms with Gasteiger partial charge in [0.2, 0.25) is 17.6 Å². The highest BCUT2D eigenvalue weighted by atomic mass is 32.1. The van der Waals surface area contributed by atoms with E-state index in [0.717, 1.165) is 49.2 Å². The Labute approximate surface area is 207 Å². The molecule has 10 nitrogen and oxygen atoms in total. The van der Waals surface area contributed by atoms with Gasteiger partial charge in [0, 0.05) is 24.1 Å². The first kappa shape index (κ1) is 23.7. The maximum atomic E-state index is 13.7. The molecule has 1 saturated carbocycles. The summed E-state index contributed by atoms with van der Waals surface area (Å²) >= 11 is 1.47. The molecule has 1 aliphatic carbocycles. The minimum absolute atomic E-state index is 0.106. The molecule has 2 aliphatic rings. The smallest absolute Gasteiger partial charge is 0.248 e. The Morgan fingerprint density at radius 3 is 2.77 bits per heavy atom. The Bertz CT molecular complexity index is 1130. The normalized spacial score (nSPS) is 19.2. The second kappa shape index (κ2) is 10.7. The number of aryl methyl sites for hydroxylation is 1. The lowest BCUT2D eigenvalue weighted by Gasteiger charge is -2.32. The maximum absolute atomic E-state index is 13.7. The van der Waals surface area contributed by atoms with Crippen molar-refractivity contribution in [1.82, 2.24) is 30.4 Å². The number of tetrazole rings is 1. The number of rotatable bonds is 9. The average molecular weight is 499 g/mol. The molecule has 4 heterocycles. The summed E-state index contributed by atoms with van der Waals surface area (Å²) in [7, 11) is 0. The van der Waals surface area contributed by atoms with Gasteiger partial charge in [-0.05, 0) is 61.4 Å². The van der Waals surface area contributed by atoms with E-state index in [4.69, 9.17) is 9.15 Å². The summed E-state index contributed by atoms with van der Waals surface area (Å²) in [5.41, 5.74) is 0. The predicted molar refractivity (Wildman–Crippen MR) is 128 cm³/mol. The maximum Gasteiger partial charge on any atom is 0.248 e. The zero-order chi connectivity index (χ0) is 24.2. The Morgan fingerprint density at radius 1 is 1.23 bits per heavy atom. The molecule has 0 unspecified atom stereocenters. The topological polar surface area (TPSA) is 115 Å². The molecule has 2 amide bonds. The van der Waals surface area contributed by atoms with Gasteiger partial charge in [0.05, 0.1) is 6.10 Å². The minimum atomic E-state index is -0.733. The summed E-state index contributed by atoms with van der Waals surface area (Å²) in [5, 5.41) is 17.5. The molecule has 1 aliphatic heterocycles. The Morgan fingerprint density at radius 2 is 2.09 bits per heavy atom. The molecule has 1 N–H and O–H groups in total. The molecule has 0 radical (unpaired) electrons. The van der Waals surface area contributed by atoms with Gasteiger partial charge in [-0.15, -0.1) is 21.5 Å². The van der Waals surface area contributed by atoms with Gasteiger partial charge in [0.15, 0.2) is 5.76 Å². The van der Waals surface area contributed by atoms with Crippen LogP contribution >= 0.6 is 11.3 Å². The molecular formula is C24H30N6O4S. The van der Waals surface area contributed by atoms with E-state index in [2.05, 4.69) is 20.7 Å². The second-order valence-corrected chi connectivity index (χ2v) is 10.1. The first-order valence-corrected chi connectivity index (χ1v) is 13.0. The van der Waals surface area contributed by atoms with Gasteiger partial charge in [-0.1, -0.05) is 18.9 Å². The number of amides is 2. The number of aromatic nitrogens is 4. The van der Waals surface area contributed by atoms with Crippen molar-refractivity contribution in [3.63, 3.8) is 0 Å². The molecule has 35 heavy (non-hydrogen) atoms. The van der Waals surface area contributed by atoms with Gasteiger partial charge in [-0.25, -0.2) is 0 Å². The van der Waals surface area contributed by atoms with Gasteiger partial charge in [-0.2, -0.15) is 4.80 Å². The summed E-state index contributed by atoms with van der Waals surface area (Å²) in [6.45, 7) is 2.69. The lowest BCUT2D eigenvalue weighted by atomic mass is 10.1. The molecule has 3 aromatic heterocycles. The van der Waals surface area contributed by atoms with Gasteiger partial charge < -0.3 is 19.4 Å². The highest BCUT2D eigenvalue weighted by molar-refractivity contribution is 7.10. The van der Waals surface area contributed by atoms with Crippen LogP contribution < -0.4 is 5.32 Å². The van der Waals surface area contributed by atoms with E-state index in [0.29, 0.717) is 24.7 Å². The number of hydrogen-bond donors (Lipinski definition) is 1. The molecule has 186 valence electrons. The minimum Gasteiger partial charge on any atom is -0.458 e. The van der Waals surface area contributed by atoms with Crippen molar-refractivity contribution in [2.75, 3.05) is 13.2 Å². The van der Waals surface area contributed by atoms with Crippen LogP contribution in [0.2, 0.25) is 0 Å². The van der Waals surface area contributed by atoms with Gasteiger partial charge in [0.25, 0.3) is 0 Å². The summed E-state index contributed by atoms with van der Waals surface area (Å²) in [6.07, 6.45) is 5.87. The fourth-order valence-electron chi connectivity index (χ4n) is 4.76. The third kappa shape index (κ3) is 5.62. The number of thiophene rings is 1. The Kier molecular flexibility index (Phi) is 7.24. The second-order valence-electron chi connectivity index (χ2n) is 9.14. The fourth-order valence-corrected chi connectivity index (χ4v) is 5.59. The van der Waals surface area contributed by atoms with E-state index >= 15 is 0 Å². The number of hydrogen-bond acceptors (Lipinski definition) is 8. The van der Waals surface area contributed by atoms with Crippen molar-refractivity contribution < 1.29 is 18.7 Å². The van der Waals surface area contributed by atoms with Crippen molar-refractivity contribution in [3.8, 4) is 11.6 Å². The summed E-state index contributed by atoms with van der Waals surface area (Å²) in [4.78, 5) is 30.9. The quantitative estimate of drug-likeness (QED) is 0.482. The van der Waals surface area contributed by atoms with Crippen LogP contribution in [0.3, 0.4) is 0 Å². The zero-order valence-electron chi connectivity index (χ0n) is 19.8. The van der Waals surface area contributed by atoms with Crippen molar-refractivity contribution in [3.05, 3.63) is 40.3 Å². The van der Waals surface area contributed by atoms with E-state index < -0.39 is 6.04 Å². The van der Waals surface area contributed by atoms with Gasteiger partial charge in [0.1, 0.15) is 18.3 Å². The first-order chi connectivity index (χ1) is 17.1. The number of carbonyl (C=O) groups is 2. The van der Waals surface area contributed by atoms with E-state index in [1.165, 1.54) is 16.1 Å². The van der Waals surface area contributed by atoms with Crippen LogP contribution in [0.25, 0.3) is 11.6 Å². The standard InChI is InChI=1S/C24H30N6O4S/c1-16-10-11-19(34-16)23-26-28-30(27-23)15-21(31)29(14-18-8-4-12-33-18)22(20-9-5-13-35-20)24(32)25-17-6-2-3-7-17/h5,9-11,13,17-18,22H,2-4,6-8,12,14-15H2,1H3,(H,25,32)/t18-,22-/m0/s1. The SMILES string of the molecule is Cc1ccc(-c2nnn(CC(=O)N(C[C@@H]3CCCO3)[C@H](C(=O)NC3CCCC3)c3cccs3)n2)o1. The van der Waals surface area contributed by atoms with Crippen LogP contribution in [0.5, 0.6) is 0 Å². The zero-order valence-corrected chi connectivity index (χ0v) is 20.6. The molecule has 11 heteroatoms. The number of carbonyl (C=O) groups excluding carboxylic acids is 2. The molecule has 1 saturated heterocycles. The van der Waals surface area contributed by atoms with Gasteiger partial charge in [-0.3, -0.25) is 9.59 Å². The largest absolute Gasteiger partial charge is 0.458 e. The lowest BCUT2D eigenvalue weighted by molar-refractivity contribution is -0.143. The third-order valence-corrected chi connectivity index (χ3v) is 7.43. The summed E-state index contributed by atoms with van der Waals surface area (Å²) in [5.74, 6) is 1.13. The van der Waals surface area contributed by atoms with Gasteiger partial charge >= 0.3 is 0 Å². The summed E-state index contributed by atoms with van der Waals surface area (Å²) < 4.78 is 11.4. The van der Waals surface area contributed by atoms with Crippen molar-refractivity contribution >= 4 is 23.2 Å². The van der Waals surface area contributed by atoms with E-state index in [1.807, 2.05) is 30.5 Å². The number of nitrogens with one attached hydrogen (secondary N) is 1. The fraction of sp³-hybridized carbons (Fsp3) is 0.542. The van der Waals surface area contributed by atoms with Crippen LogP contribution in [-0.2, 0) is 20.9 Å². The van der Waals surface area contributed by atoms with Crippen molar-refractivity contribution in [2.24, 2.45) is 0 Å². The number of furan rings is 1. The predicted octanol–water partition coefficient (Wildman–Crippen LogP) is 3.11. The molecule has 2 fully saturated rings. The van der Waals surface area contributed by atoms with Crippen LogP contribution in [0, 0.1) is 6.92 Å². The third-order valence-electron chi connectivity index (χ3n) is 6.51. The van der Waals surface area contributed by atoms with E-state index in [9.17, 15) is 9.59 Å². The highest BCUT2D eigenvalue weighted by Gasteiger charge is 2.36. The lowest BCUT2D eigenvalue weighted by Crippen LogP contribution is -2.49. The van der Waals surface area contributed by atoms with Crippen LogP contribution in [-0.4, -0.2) is 62.2 Å². The number of ether oxygens (including phenoxy) is 1. The molecule has 3 aromatic rings. The average Bonchev–Trinajstić information content (AvgIpc) is 3.65. The van der Waals surface area contributed by atoms with Crippen molar-refractivity contribution in [1.29, 1.82) is 0 Å². The molecule has 2 atom stereocenters. The van der Waals surface area contributed by atoms with Crippen LogP contribution in [0.15, 0.2) is 34.1 Å². The molecular weight excluding hydrogens is 468 g/mol. The van der Waals surface area contributed by atoms with E-state index in [1.54, 1.807) is 11.0 Å². The monoisotopic (exact) mass is 498 g/mol. The molecule has 5 rings (SSSR count). The highest BCUT2D eigenvalue weighted by Crippen LogP contribution is 2.29. The van der Waals surface area contributed by atoms with Crippen LogP contribution in [0.4, 0.5) is 0 Å². The molecule has 0 aromatic carbocycles. The van der Waals surface area contributed by atoms with Crippen molar-refractivity contribution in [2.45, 2.75) is 70.2 Å². The number of nitrogens with zero attached hydrogens (tertiary/aromatic N) is 5.